The number of nitrogens with zero attached hydrogens (tertiary/aromatic N) is 1. The summed E-state index contributed by atoms with van der Waals surface area (Å²) < 4.78 is 0. The molecule has 1 saturated carbocycles. The third kappa shape index (κ3) is 2.89. The lowest BCUT2D eigenvalue weighted by atomic mass is 9.94. The molecule has 2 amide bonds. The van der Waals surface area contributed by atoms with Gasteiger partial charge in [0, 0.05) is 18.8 Å². The van der Waals surface area contributed by atoms with Crippen molar-refractivity contribution in [2.75, 3.05) is 19.6 Å². The SMILES string of the molecule is O=C(NCCc1cn[nH]c1)NC1CC12CCNCC2. The van der Waals surface area contributed by atoms with Crippen LogP contribution in [0.3, 0.4) is 0 Å². The molecule has 6 nitrogen and oxygen atoms in total. The Hall–Kier alpha value is -1.56. The number of nitrogens with one attached hydrogen (secondary N) is 4. The summed E-state index contributed by atoms with van der Waals surface area (Å²) in [4.78, 5) is 11.8. The van der Waals surface area contributed by atoms with Gasteiger partial charge in [0.05, 0.1) is 6.20 Å². The first-order chi connectivity index (χ1) is 9.28. The van der Waals surface area contributed by atoms with E-state index in [1.54, 1.807) is 6.20 Å². The van der Waals surface area contributed by atoms with Gasteiger partial charge in [-0.1, -0.05) is 0 Å². The molecule has 1 aromatic rings. The molecule has 1 spiro atoms. The van der Waals surface area contributed by atoms with E-state index in [9.17, 15) is 4.79 Å². The molecular formula is C13H21N5O. The minimum Gasteiger partial charge on any atom is -0.338 e. The summed E-state index contributed by atoms with van der Waals surface area (Å²) in [6.45, 7) is 2.81. The average molecular weight is 263 g/mol. The van der Waals surface area contributed by atoms with E-state index >= 15 is 0 Å². The molecule has 1 unspecified atom stereocenters. The lowest BCUT2D eigenvalue weighted by molar-refractivity contribution is 0.236. The van der Waals surface area contributed by atoms with Crippen molar-refractivity contribution in [2.24, 2.45) is 5.41 Å². The van der Waals surface area contributed by atoms with Crippen LogP contribution in [0.1, 0.15) is 24.8 Å². The molecule has 2 heterocycles. The zero-order valence-corrected chi connectivity index (χ0v) is 11.0. The Morgan fingerprint density at radius 1 is 1.47 bits per heavy atom. The van der Waals surface area contributed by atoms with E-state index in [1.165, 1.54) is 12.8 Å². The van der Waals surface area contributed by atoms with Gasteiger partial charge in [0.2, 0.25) is 0 Å². The Balaban J connectivity index is 1.36. The second kappa shape index (κ2) is 5.21. The van der Waals surface area contributed by atoms with Gasteiger partial charge in [-0.25, -0.2) is 4.79 Å². The first kappa shape index (κ1) is 12.5. The van der Waals surface area contributed by atoms with Crippen LogP contribution in [0.5, 0.6) is 0 Å². The number of aromatic nitrogens is 2. The highest BCUT2D eigenvalue weighted by atomic mass is 16.2. The molecule has 1 atom stereocenters. The van der Waals surface area contributed by atoms with Crippen LogP contribution >= 0.6 is 0 Å². The maximum atomic E-state index is 11.8. The molecule has 1 aliphatic carbocycles. The van der Waals surface area contributed by atoms with Crippen molar-refractivity contribution in [3.63, 3.8) is 0 Å². The van der Waals surface area contributed by atoms with Crippen molar-refractivity contribution in [3.8, 4) is 0 Å². The lowest BCUT2D eigenvalue weighted by Gasteiger charge is -2.23. The van der Waals surface area contributed by atoms with Gasteiger partial charge in [0.1, 0.15) is 0 Å². The second-order valence-electron chi connectivity index (χ2n) is 5.63. The van der Waals surface area contributed by atoms with E-state index in [0.717, 1.165) is 31.5 Å². The molecule has 2 fully saturated rings. The number of H-pyrrole nitrogens is 1. The van der Waals surface area contributed by atoms with Gasteiger partial charge in [0.15, 0.2) is 0 Å². The molecular weight excluding hydrogens is 242 g/mol. The van der Waals surface area contributed by atoms with E-state index in [2.05, 4.69) is 26.1 Å². The maximum absolute atomic E-state index is 11.8. The van der Waals surface area contributed by atoms with Gasteiger partial charge in [0.25, 0.3) is 0 Å². The number of urea groups is 1. The second-order valence-corrected chi connectivity index (χ2v) is 5.63. The summed E-state index contributed by atoms with van der Waals surface area (Å²) in [5.74, 6) is 0. The molecule has 3 rings (SSSR count). The molecule has 0 aromatic carbocycles. The number of rotatable bonds is 4. The number of aromatic amines is 1. The number of carbonyl (C=O) groups is 1. The highest BCUT2D eigenvalue weighted by Gasteiger charge is 2.54. The Morgan fingerprint density at radius 2 is 2.32 bits per heavy atom. The number of amides is 2. The molecule has 1 aromatic heterocycles. The quantitative estimate of drug-likeness (QED) is 0.634. The summed E-state index contributed by atoms with van der Waals surface area (Å²) in [6, 6.07) is 0.340. The summed E-state index contributed by atoms with van der Waals surface area (Å²) in [5, 5.41) is 16.0. The van der Waals surface area contributed by atoms with Gasteiger partial charge in [-0.3, -0.25) is 5.10 Å². The average Bonchev–Trinajstić information content (AvgIpc) is 2.86. The summed E-state index contributed by atoms with van der Waals surface area (Å²) in [7, 11) is 0. The Labute approximate surface area is 112 Å². The fourth-order valence-electron chi connectivity index (χ4n) is 2.97. The van der Waals surface area contributed by atoms with Gasteiger partial charge < -0.3 is 16.0 Å². The minimum atomic E-state index is -0.0381. The zero-order chi connectivity index (χ0) is 13.1. The van der Waals surface area contributed by atoms with Gasteiger partial charge in [-0.05, 0) is 49.8 Å². The number of hydrogen-bond donors (Lipinski definition) is 4. The van der Waals surface area contributed by atoms with E-state index < -0.39 is 0 Å². The fourth-order valence-corrected chi connectivity index (χ4v) is 2.97. The van der Waals surface area contributed by atoms with Crippen molar-refractivity contribution in [1.82, 2.24) is 26.1 Å². The van der Waals surface area contributed by atoms with Crippen molar-refractivity contribution < 1.29 is 4.79 Å². The van der Waals surface area contributed by atoms with Crippen LogP contribution in [0.2, 0.25) is 0 Å². The summed E-state index contributed by atoms with van der Waals surface area (Å²) in [6.07, 6.45) is 7.96. The Bertz CT molecular complexity index is 424. The predicted molar refractivity (Wildman–Crippen MR) is 71.8 cm³/mol. The smallest absolute Gasteiger partial charge is 0.315 e. The van der Waals surface area contributed by atoms with Crippen LogP contribution in [0.15, 0.2) is 12.4 Å². The molecule has 104 valence electrons. The van der Waals surface area contributed by atoms with Crippen molar-refractivity contribution in [1.29, 1.82) is 0 Å². The topological polar surface area (TPSA) is 81.8 Å². The first-order valence-corrected chi connectivity index (χ1v) is 7.01. The van der Waals surface area contributed by atoms with E-state index in [4.69, 9.17) is 0 Å². The fraction of sp³-hybridized carbons (Fsp3) is 0.692. The standard InChI is InChI=1S/C13H21N5O/c19-12(15-4-1-10-8-16-17-9-10)18-11-7-13(11)2-5-14-6-3-13/h8-9,11,14H,1-7H2,(H,16,17)(H2,15,18,19). The van der Waals surface area contributed by atoms with Gasteiger partial charge in [-0.2, -0.15) is 5.10 Å². The summed E-state index contributed by atoms with van der Waals surface area (Å²) >= 11 is 0. The van der Waals surface area contributed by atoms with Crippen LogP contribution in [0, 0.1) is 5.41 Å². The molecule has 0 radical (unpaired) electrons. The Morgan fingerprint density at radius 3 is 3.05 bits per heavy atom. The van der Waals surface area contributed by atoms with E-state index in [-0.39, 0.29) is 6.03 Å². The Kier molecular flexibility index (Phi) is 3.42. The number of hydrogen-bond acceptors (Lipinski definition) is 3. The van der Waals surface area contributed by atoms with E-state index in [0.29, 0.717) is 18.0 Å². The van der Waals surface area contributed by atoms with E-state index in [1.807, 2.05) is 6.20 Å². The normalized spacial score (nSPS) is 24.1. The monoisotopic (exact) mass is 263 g/mol. The van der Waals surface area contributed by atoms with Crippen molar-refractivity contribution >= 4 is 6.03 Å². The van der Waals surface area contributed by atoms with Crippen LogP contribution < -0.4 is 16.0 Å². The van der Waals surface area contributed by atoms with Crippen LogP contribution in [0.4, 0.5) is 4.79 Å². The number of carbonyl (C=O) groups excluding carboxylic acids is 1. The lowest BCUT2D eigenvalue weighted by Crippen LogP contribution is -2.41. The molecule has 4 N–H and O–H groups in total. The van der Waals surface area contributed by atoms with Gasteiger partial charge >= 0.3 is 6.03 Å². The first-order valence-electron chi connectivity index (χ1n) is 7.01. The maximum Gasteiger partial charge on any atom is 0.315 e. The molecule has 0 bridgehead atoms. The van der Waals surface area contributed by atoms with Gasteiger partial charge in [-0.15, -0.1) is 0 Å². The highest BCUT2D eigenvalue weighted by Crippen LogP contribution is 2.52. The molecule has 6 heteroatoms. The van der Waals surface area contributed by atoms with Crippen molar-refractivity contribution in [3.05, 3.63) is 18.0 Å². The minimum absolute atomic E-state index is 0.0381. The molecule has 2 aliphatic rings. The van der Waals surface area contributed by atoms with Crippen molar-refractivity contribution in [2.45, 2.75) is 31.7 Å². The molecule has 1 aliphatic heterocycles. The highest BCUT2D eigenvalue weighted by molar-refractivity contribution is 5.74. The largest absolute Gasteiger partial charge is 0.338 e. The summed E-state index contributed by atoms with van der Waals surface area (Å²) in [5.41, 5.74) is 1.51. The molecule has 19 heavy (non-hydrogen) atoms. The molecule has 1 saturated heterocycles. The number of piperidine rings is 1. The predicted octanol–water partition coefficient (Wildman–Crippen LogP) is 0.393. The third-order valence-electron chi connectivity index (χ3n) is 4.35. The van der Waals surface area contributed by atoms with Crippen LogP contribution in [0.25, 0.3) is 0 Å². The van der Waals surface area contributed by atoms with Crippen LogP contribution in [-0.2, 0) is 6.42 Å². The van der Waals surface area contributed by atoms with Crippen LogP contribution in [-0.4, -0.2) is 41.9 Å². The zero-order valence-electron chi connectivity index (χ0n) is 11.0. The third-order valence-corrected chi connectivity index (χ3v) is 4.35.